The summed E-state index contributed by atoms with van der Waals surface area (Å²) in [6.07, 6.45) is 4.47. The van der Waals surface area contributed by atoms with E-state index in [2.05, 4.69) is 20.2 Å². The highest BCUT2D eigenvalue weighted by atomic mass is 16.4. The molecule has 0 radical (unpaired) electrons. The number of piperazine rings is 1. The average Bonchev–Trinajstić information content (AvgIpc) is 3.15. The first-order valence-corrected chi connectivity index (χ1v) is 9.52. The maximum absolute atomic E-state index is 10.6. The van der Waals surface area contributed by atoms with Gasteiger partial charge in [-0.2, -0.15) is 0 Å². The van der Waals surface area contributed by atoms with Crippen LogP contribution in [-0.4, -0.2) is 47.2 Å². The van der Waals surface area contributed by atoms with Gasteiger partial charge in [-0.3, -0.25) is 4.98 Å². The minimum Gasteiger partial charge on any atom is -0.478 e. The summed E-state index contributed by atoms with van der Waals surface area (Å²) in [5.41, 5.74) is 11.6. The molecule has 1 aromatic carbocycles. The molecule has 1 fully saturated rings. The zero-order valence-corrected chi connectivity index (χ0v) is 15.9. The Bertz CT molecular complexity index is 1030. The molecule has 0 spiro atoms. The fourth-order valence-electron chi connectivity index (χ4n) is 3.45. The Hall–Kier alpha value is -3.58. The van der Waals surface area contributed by atoms with Crippen molar-refractivity contribution in [3.63, 3.8) is 0 Å². The van der Waals surface area contributed by atoms with Gasteiger partial charge in [-0.25, -0.2) is 4.79 Å². The number of nitrogens with two attached hydrogens (primary N) is 1. The van der Waals surface area contributed by atoms with Crippen LogP contribution in [0.15, 0.2) is 54.7 Å². The number of nitrogen functional groups attached to an aromatic ring is 1. The second-order valence-corrected chi connectivity index (χ2v) is 6.95. The van der Waals surface area contributed by atoms with Crippen molar-refractivity contribution in [1.82, 2.24) is 15.3 Å². The Balaban J connectivity index is 1.58. The van der Waals surface area contributed by atoms with Crippen molar-refractivity contribution in [3.05, 3.63) is 60.3 Å². The van der Waals surface area contributed by atoms with Gasteiger partial charge < -0.3 is 26.0 Å². The first-order chi connectivity index (χ1) is 14.1. The topological polar surface area (TPSA) is 107 Å². The highest BCUT2D eigenvalue weighted by Crippen LogP contribution is 2.31. The first-order valence-electron chi connectivity index (χ1n) is 9.52. The van der Waals surface area contributed by atoms with Crippen molar-refractivity contribution >= 4 is 23.6 Å². The van der Waals surface area contributed by atoms with Gasteiger partial charge in [-0.05, 0) is 29.8 Å². The van der Waals surface area contributed by atoms with E-state index in [0.717, 1.165) is 71.8 Å². The van der Waals surface area contributed by atoms with Crippen molar-refractivity contribution in [2.45, 2.75) is 0 Å². The maximum atomic E-state index is 10.6. The zero-order chi connectivity index (χ0) is 20.2. The Morgan fingerprint density at radius 2 is 1.86 bits per heavy atom. The maximum Gasteiger partial charge on any atom is 0.328 e. The molecule has 0 aliphatic carbocycles. The predicted octanol–water partition coefficient (Wildman–Crippen LogP) is 2.83. The van der Waals surface area contributed by atoms with E-state index in [-0.39, 0.29) is 0 Å². The van der Waals surface area contributed by atoms with Gasteiger partial charge in [0, 0.05) is 55.3 Å². The van der Waals surface area contributed by atoms with Crippen molar-refractivity contribution < 1.29 is 9.90 Å². The molecule has 0 saturated carbocycles. The largest absolute Gasteiger partial charge is 0.478 e. The first kappa shape index (κ1) is 18.8. The third-order valence-electron chi connectivity index (χ3n) is 4.96. The van der Waals surface area contributed by atoms with E-state index in [1.54, 1.807) is 12.3 Å². The number of aromatic amines is 1. The van der Waals surface area contributed by atoms with Gasteiger partial charge in [0.15, 0.2) is 0 Å². The van der Waals surface area contributed by atoms with Crippen molar-refractivity contribution in [1.29, 1.82) is 0 Å². The van der Waals surface area contributed by atoms with E-state index < -0.39 is 5.97 Å². The summed E-state index contributed by atoms with van der Waals surface area (Å²) in [5, 5.41) is 12.1. The molecular formula is C22H23N5O2. The van der Waals surface area contributed by atoms with Crippen LogP contribution in [0.3, 0.4) is 0 Å². The van der Waals surface area contributed by atoms with Crippen LogP contribution in [-0.2, 0) is 4.79 Å². The second kappa shape index (κ2) is 8.20. The van der Waals surface area contributed by atoms with Crippen LogP contribution in [0, 0.1) is 0 Å². The lowest BCUT2D eigenvalue weighted by atomic mass is 10.1. The molecule has 2 aromatic heterocycles. The number of benzene rings is 1. The summed E-state index contributed by atoms with van der Waals surface area (Å²) >= 11 is 0. The average molecular weight is 389 g/mol. The highest BCUT2D eigenvalue weighted by molar-refractivity contribution is 5.85. The number of H-pyrrole nitrogens is 1. The quantitative estimate of drug-likeness (QED) is 0.500. The third-order valence-corrected chi connectivity index (χ3v) is 4.96. The number of carbonyl (C=O) groups is 1. The highest BCUT2D eigenvalue weighted by Gasteiger charge is 2.16. The van der Waals surface area contributed by atoms with Crippen molar-refractivity contribution in [2.24, 2.45) is 0 Å². The van der Waals surface area contributed by atoms with E-state index in [1.165, 1.54) is 0 Å². The molecule has 0 unspecified atom stereocenters. The summed E-state index contributed by atoms with van der Waals surface area (Å²) < 4.78 is 0. The number of anilines is 2. The fraction of sp³-hybridized carbons (Fsp3) is 0.182. The van der Waals surface area contributed by atoms with Gasteiger partial charge in [0.1, 0.15) is 5.82 Å². The van der Waals surface area contributed by atoms with Crippen molar-refractivity contribution in [2.75, 3.05) is 36.8 Å². The number of aromatic nitrogens is 2. The minimum absolute atomic E-state index is 0.745. The smallest absolute Gasteiger partial charge is 0.328 e. The van der Waals surface area contributed by atoms with Gasteiger partial charge in [-0.1, -0.05) is 24.3 Å². The Kier molecular flexibility index (Phi) is 5.31. The standard InChI is InChI=1S/C22H23N5O2/c23-18-14-20(26-22(18)27-11-9-24-10-12-27)17-7-8-25-19(13-17)16-4-1-15(2-5-16)3-6-21(28)29/h1-8,13-14,24,26H,9-12,23H2,(H,28,29)/b6-3+. The summed E-state index contributed by atoms with van der Waals surface area (Å²) in [4.78, 5) is 20.9. The van der Waals surface area contributed by atoms with E-state index in [1.807, 2.05) is 42.5 Å². The SMILES string of the molecule is Nc1cc(-c2ccnc(-c3ccc(/C=C/C(=O)O)cc3)c2)[nH]c1N1CCNCC1. The van der Waals surface area contributed by atoms with Gasteiger partial charge in [0.2, 0.25) is 0 Å². The monoisotopic (exact) mass is 389 g/mol. The Labute approximate surface area is 168 Å². The Morgan fingerprint density at radius 1 is 1.10 bits per heavy atom. The van der Waals surface area contributed by atoms with Crippen LogP contribution in [0.1, 0.15) is 5.56 Å². The summed E-state index contributed by atoms with van der Waals surface area (Å²) in [5.74, 6) is 0.00304. The number of nitrogens with zero attached hydrogens (tertiary/aromatic N) is 2. The molecule has 5 N–H and O–H groups in total. The normalized spacial score (nSPS) is 14.4. The lowest BCUT2D eigenvalue weighted by Crippen LogP contribution is -2.43. The van der Waals surface area contributed by atoms with Gasteiger partial charge >= 0.3 is 5.97 Å². The molecule has 7 nitrogen and oxygen atoms in total. The van der Waals surface area contributed by atoms with E-state index in [4.69, 9.17) is 10.8 Å². The number of hydrogen-bond donors (Lipinski definition) is 4. The second-order valence-electron chi connectivity index (χ2n) is 6.95. The van der Waals surface area contributed by atoms with Crippen LogP contribution < -0.4 is 16.0 Å². The molecule has 3 aromatic rings. The lowest BCUT2D eigenvalue weighted by molar-refractivity contribution is -0.131. The van der Waals surface area contributed by atoms with Crippen LogP contribution >= 0.6 is 0 Å². The molecule has 4 rings (SSSR count). The van der Waals surface area contributed by atoms with E-state index >= 15 is 0 Å². The van der Waals surface area contributed by atoms with Crippen LogP contribution in [0.25, 0.3) is 28.6 Å². The van der Waals surface area contributed by atoms with Gasteiger partial charge in [-0.15, -0.1) is 0 Å². The predicted molar refractivity (Wildman–Crippen MR) is 116 cm³/mol. The molecule has 1 aliphatic rings. The molecule has 0 atom stereocenters. The number of nitrogens with one attached hydrogen (secondary N) is 2. The summed E-state index contributed by atoms with van der Waals surface area (Å²) in [6, 6.07) is 13.6. The number of aliphatic carboxylic acids is 1. The number of carboxylic acid groups (broad SMARTS) is 1. The summed E-state index contributed by atoms with van der Waals surface area (Å²) in [7, 11) is 0. The molecule has 0 bridgehead atoms. The van der Waals surface area contributed by atoms with Crippen LogP contribution in [0.5, 0.6) is 0 Å². The zero-order valence-electron chi connectivity index (χ0n) is 15.9. The molecule has 7 heteroatoms. The van der Waals surface area contributed by atoms with Gasteiger partial charge in [0.25, 0.3) is 0 Å². The van der Waals surface area contributed by atoms with E-state index in [0.29, 0.717) is 0 Å². The molecule has 3 heterocycles. The number of rotatable bonds is 5. The molecule has 0 amide bonds. The molecule has 1 aliphatic heterocycles. The number of hydrogen-bond acceptors (Lipinski definition) is 5. The van der Waals surface area contributed by atoms with Gasteiger partial charge in [0.05, 0.1) is 11.4 Å². The van der Waals surface area contributed by atoms with Crippen LogP contribution in [0.2, 0.25) is 0 Å². The Morgan fingerprint density at radius 3 is 2.59 bits per heavy atom. The molecule has 148 valence electrons. The van der Waals surface area contributed by atoms with E-state index in [9.17, 15) is 4.79 Å². The third kappa shape index (κ3) is 4.30. The number of pyridine rings is 1. The lowest BCUT2D eigenvalue weighted by Gasteiger charge is -2.28. The van der Waals surface area contributed by atoms with Crippen LogP contribution in [0.4, 0.5) is 11.5 Å². The number of carboxylic acids is 1. The fourth-order valence-corrected chi connectivity index (χ4v) is 3.45. The molecule has 29 heavy (non-hydrogen) atoms. The minimum atomic E-state index is -0.964. The summed E-state index contributed by atoms with van der Waals surface area (Å²) in [6.45, 7) is 3.75. The molecule has 1 saturated heterocycles. The van der Waals surface area contributed by atoms with Crippen molar-refractivity contribution in [3.8, 4) is 22.5 Å². The molecular weight excluding hydrogens is 366 g/mol.